The Balaban J connectivity index is 3.44. The van der Waals surface area contributed by atoms with Gasteiger partial charge in [-0.1, -0.05) is 71.1 Å². The van der Waals surface area contributed by atoms with Gasteiger partial charge >= 0.3 is 0 Å². The Morgan fingerprint density at radius 3 is 1.62 bits per heavy atom. The number of aliphatic carboxylic acids is 1. The van der Waals surface area contributed by atoms with Gasteiger partial charge in [0.2, 0.25) is 0 Å². The molecule has 5 nitrogen and oxygen atoms in total. The van der Waals surface area contributed by atoms with E-state index in [9.17, 15) is 24.9 Å². The van der Waals surface area contributed by atoms with Gasteiger partial charge in [-0.05, 0) is 6.42 Å². The topological polar surface area (TPSA) is 97.7 Å². The zero-order valence-electron chi connectivity index (χ0n) is 15.2. The first-order valence-electron chi connectivity index (χ1n) is 9.55. The second kappa shape index (κ2) is 15.6. The molecule has 0 saturated carbocycles. The van der Waals surface area contributed by atoms with Crippen molar-refractivity contribution in [3.8, 4) is 0 Å². The van der Waals surface area contributed by atoms with Crippen molar-refractivity contribution in [2.24, 2.45) is 0 Å². The van der Waals surface area contributed by atoms with Gasteiger partial charge in [0.1, 0.15) is 5.78 Å². The summed E-state index contributed by atoms with van der Waals surface area (Å²) in [4.78, 5) is 22.0. The Morgan fingerprint density at radius 2 is 1.17 bits per heavy atom. The number of hydrogen-bond acceptors (Lipinski definition) is 5. The second-order valence-electron chi connectivity index (χ2n) is 6.74. The van der Waals surface area contributed by atoms with Gasteiger partial charge in [-0.2, -0.15) is 0 Å². The molecule has 2 unspecified atom stereocenters. The summed E-state index contributed by atoms with van der Waals surface area (Å²) in [5, 5.41) is 29.2. The summed E-state index contributed by atoms with van der Waals surface area (Å²) in [5.74, 6) is -1.56. The molecule has 0 aliphatic carbocycles. The molecule has 0 fully saturated rings. The van der Waals surface area contributed by atoms with Crippen molar-refractivity contribution in [3.05, 3.63) is 0 Å². The van der Waals surface area contributed by atoms with E-state index in [-0.39, 0.29) is 12.2 Å². The lowest BCUT2D eigenvalue weighted by Gasteiger charge is -2.17. The fourth-order valence-corrected chi connectivity index (χ4v) is 2.76. The van der Waals surface area contributed by atoms with E-state index >= 15 is 0 Å². The summed E-state index contributed by atoms with van der Waals surface area (Å²) in [6, 6.07) is 0. The Hall–Kier alpha value is -0.940. The predicted molar refractivity (Wildman–Crippen MR) is 92.3 cm³/mol. The minimum absolute atomic E-state index is 0.129. The Kier molecular flexibility index (Phi) is 15.0. The molecule has 5 heteroatoms. The van der Waals surface area contributed by atoms with Gasteiger partial charge in [-0.3, -0.25) is 4.79 Å². The summed E-state index contributed by atoms with van der Waals surface area (Å²) in [6.45, 7) is 2.22. The van der Waals surface area contributed by atoms with Crippen LogP contribution in [0.15, 0.2) is 0 Å². The van der Waals surface area contributed by atoms with Gasteiger partial charge in [0.25, 0.3) is 0 Å². The third kappa shape index (κ3) is 14.6. The summed E-state index contributed by atoms with van der Waals surface area (Å²) >= 11 is 0. The largest absolute Gasteiger partial charge is 0.550 e. The number of carboxylic acid groups (broad SMARTS) is 1. The zero-order chi connectivity index (χ0) is 18.2. The van der Waals surface area contributed by atoms with Crippen molar-refractivity contribution >= 4 is 11.8 Å². The van der Waals surface area contributed by atoms with Gasteiger partial charge in [0, 0.05) is 25.2 Å². The van der Waals surface area contributed by atoms with Crippen LogP contribution in [-0.4, -0.2) is 34.2 Å². The number of aliphatic hydroxyl groups is 2. The van der Waals surface area contributed by atoms with Crippen LogP contribution in [0.2, 0.25) is 0 Å². The molecular weight excluding hydrogens is 308 g/mol. The lowest BCUT2D eigenvalue weighted by molar-refractivity contribution is -0.308. The first kappa shape index (κ1) is 23.1. The molecule has 0 amide bonds. The maximum absolute atomic E-state index is 11.7. The van der Waals surface area contributed by atoms with Crippen LogP contribution < -0.4 is 5.11 Å². The molecule has 0 saturated heterocycles. The van der Waals surface area contributed by atoms with E-state index in [0.717, 1.165) is 19.3 Å². The SMILES string of the molecule is CCCCCCCCCCCCCC(=O)CC(O)C(O)CC(=O)[O-]. The van der Waals surface area contributed by atoms with E-state index in [1.807, 2.05) is 0 Å². The van der Waals surface area contributed by atoms with Crippen LogP contribution in [0.1, 0.15) is 96.8 Å². The van der Waals surface area contributed by atoms with Crippen LogP contribution in [0.4, 0.5) is 0 Å². The van der Waals surface area contributed by atoms with Crippen LogP contribution in [0, 0.1) is 0 Å². The van der Waals surface area contributed by atoms with Crippen molar-refractivity contribution < 1.29 is 24.9 Å². The van der Waals surface area contributed by atoms with Crippen LogP contribution >= 0.6 is 0 Å². The van der Waals surface area contributed by atoms with Crippen LogP contribution in [-0.2, 0) is 9.59 Å². The number of rotatable bonds is 17. The lowest BCUT2D eigenvalue weighted by atomic mass is 10.0. The molecule has 0 aromatic carbocycles. The van der Waals surface area contributed by atoms with Crippen LogP contribution in [0.25, 0.3) is 0 Å². The average molecular weight is 343 g/mol. The van der Waals surface area contributed by atoms with Crippen LogP contribution in [0.3, 0.4) is 0 Å². The number of carbonyl (C=O) groups is 2. The molecule has 142 valence electrons. The van der Waals surface area contributed by atoms with E-state index in [1.165, 1.54) is 51.4 Å². The molecule has 0 radical (unpaired) electrons. The maximum atomic E-state index is 11.7. The first-order chi connectivity index (χ1) is 11.5. The van der Waals surface area contributed by atoms with Crippen molar-refractivity contribution in [2.75, 3.05) is 0 Å². The molecule has 24 heavy (non-hydrogen) atoms. The molecule has 0 bridgehead atoms. The van der Waals surface area contributed by atoms with Crippen molar-refractivity contribution in [2.45, 2.75) is 109 Å². The van der Waals surface area contributed by atoms with Crippen LogP contribution in [0.5, 0.6) is 0 Å². The summed E-state index contributed by atoms with van der Waals surface area (Å²) in [5.41, 5.74) is 0. The molecule has 0 aliphatic rings. The predicted octanol–water partition coefficient (Wildman–Crippen LogP) is 2.51. The smallest absolute Gasteiger partial charge is 0.135 e. The molecule has 0 spiro atoms. The minimum Gasteiger partial charge on any atom is -0.550 e. The van der Waals surface area contributed by atoms with Gasteiger partial charge in [0.15, 0.2) is 0 Å². The summed E-state index contributed by atoms with van der Waals surface area (Å²) in [7, 11) is 0. The third-order valence-electron chi connectivity index (χ3n) is 4.32. The van der Waals surface area contributed by atoms with Gasteiger partial charge in [0.05, 0.1) is 12.2 Å². The molecule has 0 rings (SSSR count). The highest BCUT2D eigenvalue weighted by atomic mass is 16.4. The number of carbonyl (C=O) groups excluding carboxylic acids is 2. The lowest BCUT2D eigenvalue weighted by Crippen LogP contribution is -2.35. The van der Waals surface area contributed by atoms with E-state index in [1.54, 1.807) is 0 Å². The molecular formula is C19H35O5-. The number of hydrogen-bond donors (Lipinski definition) is 2. The number of aliphatic hydroxyl groups excluding tert-OH is 2. The normalized spacial score (nSPS) is 13.6. The average Bonchev–Trinajstić information content (AvgIpc) is 2.51. The monoisotopic (exact) mass is 343 g/mol. The molecule has 0 aliphatic heterocycles. The molecule has 2 atom stereocenters. The van der Waals surface area contributed by atoms with E-state index in [0.29, 0.717) is 6.42 Å². The second-order valence-corrected chi connectivity index (χ2v) is 6.74. The fraction of sp³-hybridized carbons (Fsp3) is 0.895. The Bertz CT molecular complexity index is 330. The van der Waals surface area contributed by atoms with E-state index in [2.05, 4.69) is 6.92 Å². The number of carboxylic acids is 1. The van der Waals surface area contributed by atoms with Gasteiger partial charge in [-0.25, -0.2) is 0 Å². The molecule has 0 heterocycles. The number of Topliss-reactive ketones (excluding diaryl/α,β-unsaturated/α-hetero) is 1. The molecule has 0 aromatic rings. The van der Waals surface area contributed by atoms with Crippen molar-refractivity contribution in [3.63, 3.8) is 0 Å². The number of unbranched alkanes of at least 4 members (excludes halogenated alkanes) is 10. The maximum Gasteiger partial charge on any atom is 0.135 e. The van der Waals surface area contributed by atoms with Crippen molar-refractivity contribution in [1.29, 1.82) is 0 Å². The van der Waals surface area contributed by atoms with E-state index < -0.39 is 24.6 Å². The Labute approximate surface area is 146 Å². The zero-order valence-corrected chi connectivity index (χ0v) is 15.2. The van der Waals surface area contributed by atoms with Gasteiger partial charge in [-0.15, -0.1) is 0 Å². The third-order valence-corrected chi connectivity index (χ3v) is 4.32. The van der Waals surface area contributed by atoms with E-state index in [4.69, 9.17) is 0 Å². The first-order valence-corrected chi connectivity index (χ1v) is 9.55. The summed E-state index contributed by atoms with van der Waals surface area (Å²) < 4.78 is 0. The highest BCUT2D eigenvalue weighted by molar-refractivity contribution is 5.79. The molecule has 0 aromatic heterocycles. The standard InChI is InChI=1S/C19H36O5/c1-2-3-4-5-6-7-8-9-10-11-12-13-16(20)14-17(21)18(22)15-19(23)24/h17-18,21-22H,2-15H2,1H3,(H,23,24)/p-1. The highest BCUT2D eigenvalue weighted by Crippen LogP contribution is 2.13. The summed E-state index contributed by atoms with van der Waals surface area (Å²) in [6.07, 6.45) is 10.1. The minimum atomic E-state index is -1.43. The fourth-order valence-electron chi connectivity index (χ4n) is 2.76. The van der Waals surface area contributed by atoms with Gasteiger partial charge < -0.3 is 20.1 Å². The highest BCUT2D eigenvalue weighted by Gasteiger charge is 2.19. The molecule has 2 N–H and O–H groups in total. The Morgan fingerprint density at radius 1 is 0.750 bits per heavy atom. The quantitative estimate of drug-likeness (QED) is 0.395. The number of ketones is 1. The van der Waals surface area contributed by atoms with Crippen molar-refractivity contribution in [1.82, 2.24) is 0 Å².